The molecule has 0 bridgehead atoms. The third-order valence-electron chi connectivity index (χ3n) is 3.64. The van der Waals surface area contributed by atoms with Crippen LogP contribution in [0.3, 0.4) is 0 Å². The summed E-state index contributed by atoms with van der Waals surface area (Å²) in [5.41, 5.74) is 6.80. The van der Waals surface area contributed by atoms with Crippen molar-refractivity contribution in [3.8, 4) is 0 Å². The van der Waals surface area contributed by atoms with Crippen LogP contribution in [0.15, 0.2) is 18.3 Å². The van der Waals surface area contributed by atoms with Gasteiger partial charge in [0, 0.05) is 17.5 Å². The molecule has 0 spiro atoms. The Morgan fingerprint density at radius 2 is 2.18 bits per heavy atom. The zero-order valence-electron chi connectivity index (χ0n) is 10.4. The largest absolute Gasteiger partial charge is 0.382 e. The van der Waals surface area contributed by atoms with E-state index in [0.717, 1.165) is 12.2 Å². The van der Waals surface area contributed by atoms with Crippen molar-refractivity contribution < 1.29 is 0 Å². The minimum Gasteiger partial charge on any atom is -0.382 e. The summed E-state index contributed by atoms with van der Waals surface area (Å²) >= 11 is 1.99. The maximum atomic E-state index is 5.84. The zero-order chi connectivity index (χ0) is 12.1. The number of hydrogen-bond donors (Lipinski definition) is 2. The molecule has 1 heterocycles. The van der Waals surface area contributed by atoms with E-state index in [-0.39, 0.29) is 0 Å². The summed E-state index contributed by atoms with van der Waals surface area (Å²) in [6.45, 7) is 0.990. The molecule has 94 valence electrons. The summed E-state index contributed by atoms with van der Waals surface area (Å²) in [7, 11) is 0. The Morgan fingerprint density at radius 3 is 2.82 bits per heavy atom. The van der Waals surface area contributed by atoms with Gasteiger partial charge in [0.2, 0.25) is 0 Å². The fourth-order valence-electron chi connectivity index (χ4n) is 2.47. The Kier molecular flexibility index (Phi) is 4.15. The number of nitrogens with two attached hydrogens (primary N) is 1. The molecular formula is C13H21N3S. The second kappa shape index (κ2) is 5.63. The van der Waals surface area contributed by atoms with Crippen LogP contribution in [0.25, 0.3) is 0 Å². The van der Waals surface area contributed by atoms with Gasteiger partial charge < -0.3 is 11.1 Å². The van der Waals surface area contributed by atoms with Gasteiger partial charge in [0.25, 0.3) is 0 Å². The first-order valence-electron chi connectivity index (χ1n) is 6.25. The van der Waals surface area contributed by atoms with Crippen LogP contribution in [0.2, 0.25) is 0 Å². The SMILES string of the molecule is CSC1(CNc2cccnc2N)CCCCC1. The Morgan fingerprint density at radius 1 is 1.41 bits per heavy atom. The van der Waals surface area contributed by atoms with E-state index < -0.39 is 0 Å². The number of anilines is 2. The highest BCUT2D eigenvalue weighted by Gasteiger charge is 2.30. The molecular weight excluding hydrogens is 230 g/mol. The number of rotatable bonds is 4. The van der Waals surface area contributed by atoms with Crippen LogP contribution in [-0.4, -0.2) is 22.5 Å². The maximum Gasteiger partial charge on any atom is 0.146 e. The molecule has 0 radical (unpaired) electrons. The Labute approximate surface area is 108 Å². The van der Waals surface area contributed by atoms with Crippen molar-refractivity contribution >= 4 is 23.3 Å². The van der Waals surface area contributed by atoms with Crippen LogP contribution in [0.5, 0.6) is 0 Å². The average Bonchev–Trinajstić information content (AvgIpc) is 2.39. The molecule has 0 unspecified atom stereocenters. The first-order valence-corrected chi connectivity index (χ1v) is 7.48. The van der Waals surface area contributed by atoms with Crippen LogP contribution in [-0.2, 0) is 0 Å². The van der Waals surface area contributed by atoms with Crippen molar-refractivity contribution in [1.29, 1.82) is 0 Å². The van der Waals surface area contributed by atoms with Crippen molar-refractivity contribution in [2.24, 2.45) is 0 Å². The lowest BCUT2D eigenvalue weighted by Crippen LogP contribution is -2.35. The van der Waals surface area contributed by atoms with Crippen LogP contribution in [0, 0.1) is 0 Å². The number of nitrogen functional groups attached to an aromatic ring is 1. The number of thioether (sulfide) groups is 1. The fraction of sp³-hybridized carbons (Fsp3) is 0.615. The maximum absolute atomic E-state index is 5.84. The van der Waals surface area contributed by atoms with Gasteiger partial charge in [-0.15, -0.1) is 0 Å². The lowest BCUT2D eigenvalue weighted by Gasteiger charge is -2.36. The molecule has 0 atom stereocenters. The smallest absolute Gasteiger partial charge is 0.146 e. The van der Waals surface area contributed by atoms with E-state index in [9.17, 15) is 0 Å². The molecule has 1 saturated carbocycles. The van der Waals surface area contributed by atoms with Gasteiger partial charge in [0.1, 0.15) is 5.82 Å². The van der Waals surface area contributed by atoms with E-state index in [2.05, 4.69) is 16.6 Å². The molecule has 1 aliphatic carbocycles. The highest BCUT2D eigenvalue weighted by Crippen LogP contribution is 2.38. The predicted octanol–water partition coefficient (Wildman–Crippen LogP) is 3.14. The standard InChI is InChI=1S/C13H21N3S/c1-17-13(7-3-2-4-8-13)10-16-11-6-5-9-15-12(11)14/h5-6,9,16H,2-4,7-8,10H2,1H3,(H2,14,15). The number of nitrogens with one attached hydrogen (secondary N) is 1. The minimum absolute atomic E-state index is 0.389. The normalized spacial score (nSPS) is 18.9. The highest BCUT2D eigenvalue weighted by atomic mass is 32.2. The summed E-state index contributed by atoms with van der Waals surface area (Å²) in [6.07, 6.45) is 10.7. The van der Waals surface area contributed by atoms with Crippen molar-refractivity contribution in [1.82, 2.24) is 4.98 Å². The summed E-state index contributed by atoms with van der Waals surface area (Å²) < 4.78 is 0.389. The molecule has 0 aromatic carbocycles. The molecule has 1 fully saturated rings. The number of nitrogens with zero attached hydrogens (tertiary/aromatic N) is 1. The Balaban J connectivity index is 1.98. The van der Waals surface area contributed by atoms with Gasteiger partial charge in [-0.05, 0) is 31.2 Å². The van der Waals surface area contributed by atoms with Gasteiger partial charge in [0.05, 0.1) is 5.69 Å². The molecule has 1 aromatic rings. The summed E-state index contributed by atoms with van der Waals surface area (Å²) in [5, 5.41) is 3.47. The number of pyridine rings is 1. The van der Waals surface area contributed by atoms with Crippen molar-refractivity contribution in [3.05, 3.63) is 18.3 Å². The van der Waals surface area contributed by atoms with E-state index >= 15 is 0 Å². The van der Waals surface area contributed by atoms with Gasteiger partial charge in [-0.1, -0.05) is 19.3 Å². The molecule has 3 N–H and O–H groups in total. The number of aromatic nitrogens is 1. The molecule has 2 rings (SSSR count). The molecule has 1 aliphatic rings. The van der Waals surface area contributed by atoms with E-state index in [4.69, 9.17) is 5.73 Å². The van der Waals surface area contributed by atoms with Crippen LogP contribution in [0.1, 0.15) is 32.1 Å². The lowest BCUT2D eigenvalue weighted by molar-refractivity contribution is 0.411. The molecule has 3 nitrogen and oxygen atoms in total. The van der Waals surface area contributed by atoms with Crippen LogP contribution >= 0.6 is 11.8 Å². The second-order valence-electron chi connectivity index (χ2n) is 4.74. The summed E-state index contributed by atoms with van der Waals surface area (Å²) in [5.74, 6) is 0.597. The van der Waals surface area contributed by atoms with E-state index in [1.54, 1.807) is 6.20 Å². The topological polar surface area (TPSA) is 50.9 Å². The van der Waals surface area contributed by atoms with Gasteiger partial charge in [0.15, 0.2) is 0 Å². The van der Waals surface area contributed by atoms with Gasteiger partial charge in [-0.3, -0.25) is 0 Å². The molecule has 0 amide bonds. The Hall–Kier alpha value is -0.900. The van der Waals surface area contributed by atoms with Gasteiger partial charge >= 0.3 is 0 Å². The Bertz CT molecular complexity index is 361. The van der Waals surface area contributed by atoms with Crippen molar-refractivity contribution in [2.45, 2.75) is 36.9 Å². The van der Waals surface area contributed by atoms with Crippen LogP contribution in [0.4, 0.5) is 11.5 Å². The van der Waals surface area contributed by atoms with E-state index in [0.29, 0.717) is 10.6 Å². The molecule has 0 saturated heterocycles. The fourth-order valence-corrected chi connectivity index (χ4v) is 3.39. The summed E-state index contributed by atoms with van der Waals surface area (Å²) in [4.78, 5) is 4.10. The molecule has 17 heavy (non-hydrogen) atoms. The van der Waals surface area contributed by atoms with Gasteiger partial charge in [-0.25, -0.2) is 4.98 Å². The van der Waals surface area contributed by atoms with E-state index in [1.807, 2.05) is 23.9 Å². The zero-order valence-corrected chi connectivity index (χ0v) is 11.2. The van der Waals surface area contributed by atoms with Crippen LogP contribution < -0.4 is 11.1 Å². The van der Waals surface area contributed by atoms with Crippen molar-refractivity contribution in [2.75, 3.05) is 23.9 Å². The molecule has 1 aromatic heterocycles. The minimum atomic E-state index is 0.389. The predicted molar refractivity (Wildman–Crippen MR) is 76.5 cm³/mol. The number of hydrogen-bond acceptors (Lipinski definition) is 4. The monoisotopic (exact) mass is 251 g/mol. The molecule has 4 heteroatoms. The highest BCUT2D eigenvalue weighted by molar-refractivity contribution is 8.00. The third-order valence-corrected chi connectivity index (χ3v) is 5.06. The average molecular weight is 251 g/mol. The lowest BCUT2D eigenvalue weighted by atomic mass is 9.88. The van der Waals surface area contributed by atoms with Crippen molar-refractivity contribution in [3.63, 3.8) is 0 Å². The quantitative estimate of drug-likeness (QED) is 0.863. The molecule has 0 aliphatic heterocycles. The summed E-state index contributed by atoms with van der Waals surface area (Å²) in [6, 6.07) is 3.92. The second-order valence-corrected chi connectivity index (χ2v) is 6.01. The van der Waals surface area contributed by atoms with E-state index in [1.165, 1.54) is 32.1 Å². The third kappa shape index (κ3) is 3.06. The van der Waals surface area contributed by atoms with Gasteiger partial charge in [-0.2, -0.15) is 11.8 Å². The first kappa shape index (κ1) is 12.6. The first-order chi connectivity index (χ1) is 8.26.